The summed E-state index contributed by atoms with van der Waals surface area (Å²) in [6.45, 7) is 2.71. The minimum Gasteiger partial charge on any atom is -0.492 e. The van der Waals surface area contributed by atoms with Crippen molar-refractivity contribution in [3.63, 3.8) is 0 Å². The van der Waals surface area contributed by atoms with Crippen LogP contribution in [0, 0.1) is 0 Å². The van der Waals surface area contributed by atoms with Crippen LogP contribution in [0.5, 0.6) is 5.75 Å². The first-order valence-electron chi connectivity index (χ1n) is 7.25. The molecule has 1 saturated heterocycles. The van der Waals surface area contributed by atoms with Crippen molar-refractivity contribution in [2.75, 3.05) is 26.4 Å². The molecule has 2 aliphatic heterocycles. The number of rotatable bonds is 2. The largest absolute Gasteiger partial charge is 0.492 e. The van der Waals surface area contributed by atoms with Crippen LogP contribution in [0.25, 0.3) is 0 Å². The van der Waals surface area contributed by atoms with Crippen molar-refractivity contribution in [3.8, 4) is 5.75 Å². The van der Waals surface area contributed by atoms with Gasteiger partial charge in [0.15, 0.2) is 5.82 Å². The fourth-order valence-corrected chi connectivity index (χ4v) is 2.77. The van der Waals surface area contributed by atoms with E-state index in [-0.39, 0.29) is 12.0 Å². The van der Waals surface area contributed by atoms with Gasteiger partial charge in [0.05, 0.1) is 25.2 Å². The minimum atomic E-state index is 0.0213. The first-order valence-corrected chi connectivity index (χ1v) is 7.25. The number of para-hydroxylation sites is 1. The van der Waals surface area contributed by atoms with Crippen molar-refractivity contribution >= 4 is 0 Å². The molecule has 0 spiro atoms. The van der Waals surface area contributed by atoms with Gasteiger partial charge < -0.3 is 19.3 Å². The summed E-state index contributed by atoms with van der Waals surface area (Å²) in [5.41, 5.74) is 1.19. The Morgan fingerprint density at radius 3 is 3.05 bits per heavy atom. The lowest BCUT2D eigenvalue weighted by Crippen LogP contribution is -2.35. The fraction of sp³-hybridized carbons (Fsp3) is 0.467. The van der Waals surface area contributed by atoms with Crippen molar-refractivity contribution < 1.29 is 14.0 Å². The maximum atomic E-state index is 5.78. The average molecular weight is 287 g/mol. The molecule has 2 aromatic rings. The summed E-state index contributed by atoms with van der Waals surface area (Å²) < 4.78 is 16.6. The summed E-state index contributed by atoms with van der Waals surface area (Å²) in [6.07, 6.45) is 0.867. The summed E-state index contributed by atoms with van der Waals surface area (Å²) in [5.74, 6) is 2.39. The molecule has 0 aliphatic carbocycles. The number of aromatic nitrogens is 2. The van der Waals surface area contributed by atoms with E-state index in [1.54, 1.807) is 0 Å². The molecule has 0 amide bonds. The van der Waals surface area contributed by atoms with Crippen LogP contribution in [0.4, 0.5) is 0 Å². The number of nitrogens with zero attached hydrogens (tertiary/aromatic N) is 2. The Labute approximate surface area is 122 Å². The zero-order valence-electron chi connectivity index (χ0n) is 11.6. The molecule has 2 unspecified atom stereocenters. The van der Waals surface area contributed by atoms with Gasteiger partial charge in [0.2, 0.25) is 5.89 Å². The smallest absolute Gasteiger partial charge is 0.233 e. The third kappa shape index (κ3) is 2.52. The van der Waals surface area contributed by atoms with Gasteiger partial charge in [-0.25, -0.2) is 0 Å². The van der Waals surface area contributed by atoms with Crippen molar-refractivity contribution in [2.45, 2.75) is 18.4 Å². The Morgan fingerprint density at radius 1 is 1.19 bits per heavy atom. The lowest BCUT2D eigenvalue weighted by Gasteiger charge is -2.22. The number of benzene rings is 1. The standard InChI is InChI=1S/C15H17N3O3/c1-2-4-13-10(3-1)7-11(8-20-13)15-17-14(18-21-15)12-9-19-6-5-16-12/h1-4,11-12,16H,5-9H2. The van der Waals surface area contributed by atoms with Crippen LogP contribution in [0.15, 0.2) is 28.8 Å². The summed E-state index contributed by atoms with van der Waals surface area (Å²) in [5, 5.41) is 7.41. The number of hydrogen-bond acceptors (Lipinski definition) is 6. The van der Waals surface area contributed by atoms with E-state index in [1.165, 1.54) is 5.56 Å². The molecule has 0 saturated carbocycles. The van der Waals surface area contributed by atoms with Crippen molar-refractivity contribution in [3.05, 3.63) is 41.5 Å². The molecule has 2 aliphatic rings. The summed E-state index contributed by atoms with van der Waals surface area (Å²) in [4.78, 5) is 4.53. The van der Waals surface area contributed by atoms with Crippen LogP contribution in [0.3, 0.4) is 0 Å². The Morgan fingerprint density at radius 2 is 2.14 bits per heavy atom. The van der Waals surface area contributed by atoms with Crippen LogP contribution < -0.4 is 10.1 Å². The highest BCUT2D eigenvalue weighted by atomic mass is 16.5. The molecule has 21 heavy (non-hydrogen) atoms. The summed E-state index contributed by atoms with van der Waals surface area (Å²) in [6, 6.07) is 8.10. The van der Waals surface area contributed by atoms with Crippen LogP contribution in [-0.2, 0) is 11.2 Å². The van der Waals surface area contributed by atoms with E-state index < -0.39 is 0 Å². The van der Waals surface area contributed by atoms with Gasteiger partial charge in [0, 0.05) is 6.54 Å². The number of hydrogen-bond donors (Lipinski definition) is 1. The zero-order chi connectivity index (χ0) is 14.1. The molecule has 1 fully saturated rings. The molecule has 4 rings (SSSR count). The molecule has 3 heterocycles. The molecule has 110 valence electrons. The predicted molar refractivity (Wildman–Crippen MR) is 74.2 cm³/mol. The molecule has 1 aromatic heterocycles. The van der Waals surface area contributed by atoms with Crippen LogP contribution in [0.2, 0.25) is 0 Å². The molecule has 0 radical (unpaired) electrons. The van der Waals surface area contributed by atoms with Crippen molar-refractivity contribution in [2.24, 2.45) is 0 Å². The maximum Gasteiger partial charge on any atom is 0.233 e. The van der Waals surface area contributed by atoms with Gasteiger partial charge in [-0.1, -0.05) is 23.4 Å². The average Bonchev–Trinajstić information content (AvgIpc) is 3.05. The van der Waals surface area contributed by atoms with E-state index in [0.717, 1.165) is 25.3 Å². The number of fused-ring (bicyclic) bond motifs is 1. The Kier molecular flexibility index (Phi) is 3.33. The van der Waals surface area contributed by atoms with Gasteiger partial charge in [-0.05, 0) is 18.1 Å². The lowest BCUT2D eigenvalue weighted by molar-refractivity contribution is 0.0734. The quantitative estimate of drug-likeness (QED) is 0.901. The minimum absolute atomic E-state index is 0.0213. The van der Waals surface area contributed by atoms with Crippen LogP contribution >= 0.6 is 0 Å². The first kappa shape index (κ1) is 12.8. The highest BCUT2D eigenvalue weighted by Crippen LogP contribution is 2.31. The van der Waals surface area contributed by atoms with E-state index in [1.807, 2.05) is 18.2 Å². The summed E-state index contributed by atoms with van der Waals surface area (Å²) >= 11 is 0. The van der Waals surface area contributed by atoms with Gasteiger partial charge in [-0.15, -0.1) is 0 Å². The van der Waals surface area contributed by atoms with Gasteiger partial charge in [-0.2, -0.15) is 4.98 Å². The second-order valence-corrected chi connectivity index (χ2v) is 5.39. The molecule has 2 atom stereocenters. The molecular weight excluding hydrogens is 270 g/mol. The predicted octanol–water partition coefficient (Wildman–Crippen LogP) is 1.45. The highest BCUT2D eigenvalue weighted by Gasteiger charge is 2.28. The van der Waals surface area contributed by atoms with E-state index in [4.69, 9.17) is 14.0 Å². The second-order valence-electron chi connectivity index (χ2n) is 5.39. The van der Waals surface area contributed by atoms with E-state index in [2.05, 4.69) is 21.5 Å². The molecule has 6 heteroatoms. The van der Waals surface area contributed by atoms with Crippen molar-refractivity contribution in [1.29, 1.82) is 0 Å². The van der Waals surface area contributed by atoms with E-state index in [0.29, 0.717) is 24.9 Å². The molecule has 0 bridgehead atoms. The lowest BCUT2D eigenvalue weighted by atomic mass is 9.97. The Hall–Kier alpha value is -1.92. The van der Waals surface area contributed by atoms with Crippen LogP contribution in [-0.4, -0.2) is 36.5 Å². The van der Waals surface area contributed by atoms with Crippen LogP contribution in [0.1, 0.15) is 29.2 Å². The highest BCUT2D eigenvalue weighted by molar-refractivity contribution is 5.36. The number of nitrogens with one attached hydrogen (secondary N) is 1. The number of morpholine rings is 1. The summed E-state index contributed by atoms with van der Waals surface area (Å²) in [7, 11) is 0. The van der Waals surface area contributed by atoms with Gasteiger partial charge in [0.25, 0.3) is 0 Å². The Balaban J connectivity index is 1.51. The molecule has 1 N–H and O–H groups in total. The molecular formula is C15H17N3O3. The molecule has 6 nitrogen and oxygen atoms in total. The van der Waals surface area contributed by atoms with Gasteiger partial charge >= 0.3 is 0 Å². The number of ether oxygens (including phenoxy) is 2. The first-order chi connectivity index (χ1) is 10.4. The second kappa shape index (κ2) is 5.46. The van der Waals surface area contributed by atoms with Crippen molar-refractivity contribution in [1.82, 2.24) is 15.5 Å². The fourth-order valence-electron chi connectivity index (χ4n) is 2.77. The van der Waals surface area contributed by atoms with Gasteiger partial charge in [-0.3, -0.25) is 0 Å². The SMILES string of the molecule is c1ccc2c(c1)CC(c1nc(C3COCCN3)no1)CO2. The van der Waals surface area contributed by atoms with E-state index >= 15 is 0 Å². The van der Waals surface area contributed by atoms with E-state index in [9.17, 15) is 0 Å². The normalized spacial score (nSPS) is 25.1. The zero-order valence-corrected chi connectivity index (χ0v) is 11.6. The molecule has 1 aromatic carbocycles. The monoisotopic (exact) mass is 287 g/mol. The third-order valence-corrected chi connectivity index (χ3v) is 3.92. The topological polar surface area (TPSA) is 69.4 Å². The maximum absolute atomic E-state index is 5.78. The third-order valence-electron chi connectivity index (χ3n) is 3.92. The Bertz CT molecular complexity index is 622. The van der Waals surface area contributed by atoms with Gasteiger partial charge in [0.1, 0.15) is 12.4 Å².